The number of methoxy groups -OCH3 is 2. The standard InChI is InChI=1S/C19H21F2N5O5/c1-29-15-3-16(30-2)18(21)14(17(15)20)10-31-13-5-22-19(23-6-13)25-11-4-24-26(7-11)12(8-27)9-28/h3-7,12,27-28H,8-10H2,1-2H3,(H,22,23,25). The highest BCUT2D eigenvalue weighted by atomic mass is 19.1. The van der Waals surface area contributed by atoms with Gasteiger partial charge in [0.05, 0.1) is 63.3 Å². The van der Waals surface area contributed by atoms with Gasteiger partial charge in [-0.15, -0.1) is 0 Å². The summed E-state index contributed by atoms with van der Waals surface area (Å²) < 4.78 is 45.4. The number of benzene rings is 1. The molecule has 0 spiro atoms. The first-order chi connectivity index (χ1) is 15.0. The van der Waals surface area contributed by atoms with E-state index in [-0.39, 0.29) is 42.0 Å². The Balaban J connectivity index is 1.67. The third-order valence-corrected chi connectivity index (χ3v) is 4.33. The van der Waals surface area contributed by atoms with Gasteiger partial charge in [0.25, 0.3) is 0 Å². The smallest absolute Gasteiger partial charge is 0.227 e. The van der Waals surface area contributed by atoms with Gasteiger partial charge in [-0.3, -0.25) is 4.68 Å². The van der Waals surface area contributed by atoms with Crippen molar-refractivity contribution in [1.82, 2.24) is 19.7 Å². The molecular formula is C19H21F2N5O5. The Bertz CT molecular complexity index is 983. The fourth-order valence-electron chi connectivity index (χ4n) is 2.63. The maximum Gasteiger partial charge on any atom is 0.227 e. The maximum absolute atomic E-state index is 14.4. The summed E-state index contributed by atoms with van der Waals surface area (Å²) in [5, 5.41) is 25.3. The molecule has 10 nitrogen and oxygen atoms in total. The molecule has 2 heterocycles. The molecule has 0 saturated carbocycles. The Morgan fingerprint density at radius 2 is 1.65 bits per heavy atom. The predicted octanol–water partition coefficient (Wildman–Crippen LogP) is 1.82. The summed E-state index contributed by atoms with van der Waals surface area (Å²) in [6.07, 6.45) is 5.72. The Labute approximate surface area is 176 Å². The third kappa shape index (κ3) is 4.98. The van der Waals surface area contributed by atoms with Crippen LogP contribution in [0.1, 0.15) is 11.6 Å². The number of nitrogens with zero attached hydrogens (tertiary/aromatic N) is 4. The summed E-state index contributed by atoms with van der Waals surface area (Å²) in [5.41, 5.74) is 0.182. The molecule has 0 aliphatic rings. The van der Waals surface area contributed by atoms with Crippen LogP contribution in [-0.4, -0.2) is 57.4 Å². The van der Waals surface area contributed by atoms with E-state index in [1.54, 1.807) is 6.20 Å². The van der Waals surface area contributed by atoms with Crippen molar-refractivity contribution in [3.8, 4) is 17.2 Å². The van der Waals surface area contributed by atoms with Crippen LogP contribution in [0, 0.1) is 11.6 Å². The number of rotatable bonds is 10. The number of ether oxygens (including phenoxy) is 3. The summed E-state index contributed by atoms with van der Waals surface area (Å²) in [5.74, 6) is -1.71. The molecule has 3 aromatic rings. The number of aromatic nitrogens is 4. The average molecular weight is 437 g/mol. The molecule has 31 heavy (non-hydrogen) atoms. The molecule has 0 radical (unpaired) electrons. The minimum atomic E-state index is -0.888. The van der Waals surface area contributed by atoms with Gasteiger partial charge in [0, 0.05) is 12.3 Å². The van der Waals surface area contributed by atoms with Crippen molar-refractivity contribution in [3.05, 3.63) is 48.1 Å². The number of anilines is 2. The summed E-state index contributed by atoms with van der Waals surface area (Å²) in [6.45, 7) is -0.959. The van der Waals surface area contributed by atoms with Crippen LogP contribution in [-0.2, 0) is 6.61 Å². The third-order valence-electron chi connectivity index (χ3n) is 4.33. The molecule has 1 aromatic carbocycles. The van der Waals surface area contributed by atoms with Crippen LogP contribution < -0.4 is 19.5 Å². The number of halogens is 2. The van der Waals surface area contributed by atoms with Gasteiger partial charge in [-0.2, -0.15) is 5.10 Å². The van der Waals surface area contributed by atoms with Crippen molar-refractivity contribution in [2.24, 2.45) is 0 Å². The van der Waals surface area contributed by atoms with E-state index in [1.165, 1.54) is 37.5 Å². The van der Waals surface area contributed by atoms with Crippen LogP contribution in [0.25, 0.3) is 0 Å². The second-order valence-corrected chi connectivity index (χ2v) is 6.27. The van der Waals surface area contributed by atoms with Gasteiger partial charge in [0.15, 0.2) is 28.9 Å². The van der Waals surface area contributed by atoms with Crippen LogP contribution in [0.5, 0.6) is 17.2 Å². The van der Waals surface area contributed by atoms with Crippen molar-refractivity contribution in [3.63, 3.8) is 0 Å². The molecule has 0 atom stereocenters. The Kier molecular flexibility index (Phi) is 7.15. The van der Waals surface area contributed by atoms with Gasteiger partial charge >= 0.3 is 0 Å². The second kappa shape index (κ2) is 10.00. The normalized spacial score (nSPS) is 10.9. The van der Waals surface area contributed by atoms with Gasteiger partial charge in [-0.25, -0.2) is 18.7 Å². The summed E-state index contributed by atoms with van der Waals surface area (Å²) in [7, 11) is 2.52. The summed E-state index contributed by atoms with van der Waals surface area (Å²) in [4.78, 5) is 8.15. The minimum absolute atomic E-state index is 0.169. The Hall–Kier alpha value is -3.51. The molecule has 0 unspecified atom stereocenters. The van der Waals surface area contributed by atoms with E-state index in [4.69, 9.17) is 14.2 Å². The Morgan fingerprint density at radius 3 is 2.19 bits per heavy atom. The average Bonchev–Trinajstić information content (AvgIpc) is 3.24. The fraction of sp³-hybridized carbons (Fsp3) is 0.316. The van der Waals surface area contributed by atoms with Crippen molar-refractivity contribution < 1.29 is 33.2 Å². The van der Waals surface area contributed by atoms with Gasteiger partial charge < -0.3 is 29.7 Å². The lowest BCUT2D eigenvalue weighted by Gasteiger charge is -2.13. The van der Waals surface area contributed by atoms with Crippen molar-refractivity contribution >= 4 is 11.6 Å². The zero-order valence-corrected chi connectivity index (χ0v) is 16.7. The molecule has 0 aliphatic heterocycles. The van der Waals surface area contributed by atoms with Gasteiger partial charge in [-0.05, 0) is 0 Å². The second-order valence-electron chi connectivity index (χ2n) is 6.27. The molecule has 3 rings (SSSR count). The summed E-state index contributed by atoms with van der Waals surface area (Å²) >= 11 is 0. The van der Waals surface area contributed by atoms with Gasteiger partial charge in [-0.1, -0.05) is 0 Å². The van der Waals surface area contributed by atoms with E-state index in [9.17, 15) is 19.0 Å². The van der Waals surface area contributed by atoms with Crippen molar-refractivity contribution in [2.75, 3.05) is 32.8 Å². The number of hydrogen-bond acceptors (Lipinski definition) is 9. The highest BCUT2D eigenvalue weighted by Gasteiger charge is 2.20. The van der Waals surface area contributed by atoms with E-state index in [2.05, 4.69) is 20.4 Å². The van der Waals surface area contributed by atoms with Crippen LogP contribution in [0.3, 0.4) is 0 Å². The summed E-state index contributed by atoms with van der Waals surface area (Å²) in [6, 6.07) is 0.562. The predicted molar refractivity (Wildman–Crippen MR) is 105 cm³/mol. The molecule has 0 saturated heterocycles. The fourth-order valence-corrected chi connectivity index (χ4v) is 2.63. The lowest BCUT2D eigenvalue weighted by molar-refractivity contribution is 0.146. The molecule has 3 N–H and O–H groups in total. The largest absolute Gasteiger partial charge is 0.494 e. The zero-order valence-electron chi connectivity index (χ0n) is 16.7. The van der Waals surface area contributed by atoms with E-state index >= 15 is 0 Å². The topological polar surface area (TPSA) is 124 Å². The lowest BCUT2D eigenvalue weighted by Crippen LogP contribution is -2.17. The highest BCUT2D eigenvalue weighted by Crippen LogP contribution is 2.32. The highest BCUT2D eigenvalue weighted by molar-refractivity contribution is 5.50. The molecule has 0 amide bonds. The number of nitrogens with one attached hydrogen (secondary N) is 1. The quantitative estimate of drug-likeness (QED) is 0.436. The van der Waals surface area contributed by atoms with Gasteiger partial charge in [0.1, 0.15) is 6.61 Å². The van der Waals surface area contributed by atoms with E-state index in [1.807, 2.05) is 0 Å². The zero-order chi connectivity index (χ0) is 22.4. The van der Waals surface area contributed by atoms with Crippen LogP contribution in [0.2, 0.25) is 0 Å². The molecular weight excluding hydrogens is 416 g/mol. The molecule has 0 fully saturated rings. The van der Waals surface area contributed by atoms with Crippen molar-refractivity contribution in [1.29, 1.82) is 0 Å². The first kappa shape index (κ1) is 22.2. The molecule has 166 valence electrons. The first-order valence-electron chi connectivity index (χ1n) is 9.07. The van der Waals surface area contributed by atoms with E-state index < -0.39 is 24.3 Å². The maximum atomic E-state index is 14.4. The Morgan fingerprint density at radius 1 is 1.03 bits per heavy atom. The molecule has 0 bridgehead atoms. The number of aliphatic hydroxyl groups excluding tert-OH is 2. The van der Waals surface area contributed by atoms with E-state index in [0.29, 0.717) is 5.69 Å². The molecule has 12 heteroatoms. The van der Waals surface area contributed by atoms with Crippen LogP contribution in [0.4, 0.5) is 20.4 Å². The van der Waals surface area contributed by atoms with Crippen LogP contribution in [0.15, 0.2) is 30.9 Å². The van der Waals surface area contributed by atoms with Gasteiger partial charge in [0.2, 0.25) is 5.95 Å². The number of aliphatic hydroxyl groups is 2. The lowest BCUT2D eigenvalue weighted by atomic mass is 10.1. The van der Waals surface area contributed by atoms with Crippen LogP contribution >= 0.6 is 0 Å². The molecule has 0 aliphatic carbocycles. The SMILES string of the molecule is COc1cc(OC)c(F)c(COc2cnc(Nc3cnn(C(CO)CO)c3)nc2)c1F. The molecule has 2 aromatic heterocycles. The van der Waals surface area contributed by atoms with Crippen molar-refractivity contribution in [2.45, 2.75) is 12.6 Å². The minimum Gasteiger partial charge on any atom is -0.494 e. The van der Waals surface area contributed by atoms with E-state index in [0.717, 1.165) is 6.07 Å². The number of hydrogen-bond donors (Lipinski definition) is 3. The first-order valence-corrected chi connectivity index (χ1v) is 9.07. The monoisotopic (exact) mass is 437 g/mol.